The first-order valence-corrected chi connectivity index (χ1v) is 5.36. The summed E-state index contributed by atoms with van der Waals surface area (Å²) >= 11 is 0. The van der Waals surface area contributed by atoms with Crippen LogP contribution in [0.25, 0.3) is 0 Å². The number of ether oxygens (including phenoxy) is 1. The Morgan fingerprint density at radius 1 is 1.26 bits per heavy atom. The number of benzene rings is 1. The second-order valence-electron chi connectivity index (χ2n) is 3.92. The molecule has 0 amide bonds. The molecular formula is C11H11BF3KN2O. The first kappa shape index (κ1) is 16.8. The van der Waals surface area contributed by atoms with Gasteiger partial charge in [0.2, 0.25) is 0 Å². The van der Waals surface area contributed by atoms with Gasteiger partial charge in [-0.05, 0) is 18.2 Å². The van der Waals surface area contributed by atoms with Gasteiger partial charge in [-0.25, -0.2) is 0 Å². The normalized spacial score (nSPS) is 10.9. The maximum Gasteiger partial charge on any atom is 1.00 e. The molecule has 0 spiro atoms. The Labute approximate surface area is 151 Å². The summed E-state index contributed by atoms with van der Waals surface area (Å²) in [7, 11) is 1.76. The molecule has 96 valence electrons. The average molecular weight is 294 g/mol. The van der Waals surface area contributed by atoms with Crippen molar-refractivity contribution < 1.29 is 69.1 Å². The van der Waals surface area contributed by atoms with Crippen LogP contribution in [0.2, 0.25) is 0 Å². The van der Waals surface area contributed by atoms with E-state index in [1.165, 1.54) is 12.1 Å². The zero-order valence-corrected chi connectivity index (χ0v) is 13.8. The third kappa shape index (κ3) is 4.96. The molecule has 1 heterocycles. The van der Waals surface area contributed by atoms with E-state index in [4.69, 9.17) is 4.74 Å². The molecule has 0 atom stereocenters. The van der Waals surface area contributed by atoms with Gasteiger partial charge < -0.3 is 17.7 Å². The molecule has 0 aliphatic carbocycles. The number of rotatable bonds is 4. The van der Waals surface area contributed by atoms with Crippen molar-refractivity contribution in [3.8, 4) is 5.75 Å². The van der Waals surface area contributed by atoms with Gasteiger partial charge in [-0.3, -0.25) is 4.68 Å². The van der Waals surface area contributed by atoms with Crippen LogP contribution in [-0.4, -0.2) is 16.8 Å². The van der Waals surface area contributed by atoms with Crippen LogP contribution in [0.3, 0.4) is 0 Å². The van der Waals surface area contributed by atoms with E-state index in [-0.39, 0.29) is 63.7 Å². The van der Waals surface area contributed by atoms with Crippen LogP contribution >= 0.6 is 0 Å². The van der Waals surface area contributed by atoms with E-state index in [1.807, 2.05) is 0 Å². The molecule has 0 bridgehead atoms. The summed E-state index contributed by atoms with van der Waals surface area (Å²) < 4.78 is 44.5. The molecule has 1 aromatic carbocycles. The molecule has 3 nitrogen and oxygen atoms in total. The van der Waals surface area contributed by atoms with Crippen LogP contribution in [0, 0.1) is 0 Å². The maximum atomic E-state index is 12.5. The largest absolute Gasteiger partial charge is 1.00 e. The summed E-state index contributed by atoms with van der Waals surface area (Å²) in [5, 5.41) is 4.07. The molecule has 0 saturated carbocycles. The molecule has 0 saturated heterocycles. The molecule has 2 rings (SSSR count). The summed E-state index contributed by atoms with van der Waals surface area (Å²) in [6.07, 6.45) is 1.74. The van der Waals surface area contributed by atoms with Gasteiger partial charge in [0.15, 0.2) is 0 Å². The standard InChI is InChI=1S/C11H11BF3N2O.K/c1-17-6-5-10(16-17)8-18-11-4-2-3-9(7-11)12(13,14)15;/h2-7H,8H2,1H3;/q-1;+1. The zero-order chi connectivity index (χ0) is 13.2. The van der Waals surface area contributed by atoms with Gasteiger partial charge >= 0.3 is 58.4 Å². The molecule has 2 aromatic rings. The Morgan fingerprint density at radius 2 is 2.00 bits per heavy atom. The van der Waals surface area contributed by atoms with Crippen LogP contribution in [0.4, 0.5) is 12.9 Å². The fourth-order valence-corrected chi connectivity index (χ4v) is 1.51. The monoisotopic (exact) mass is 294 g/mol. The van der Waals surface area contributed by atoms with Crippen molar-refractivity contribution in [1.29, 1.82) is 0 Å². The summed E-state index contributed by atoms with van der Waals surface area (Å²) in [6.45, 7) is -4.84. The summed E-state index contributed by atoms with van der Waals surface area (Å²) in [5.74, 6) is 0.192. The molecule has 8 heteroatoms. The first-order chi connectivity index (χ1) is 8.45. The minimum absolute atomic E-state index is 0. The molecule has 1 aromatic heterocycles. The predicted octanol–water partition coefficient (Wildman–Crippen LogP) is -0.943. The van der Waals surface area contributed by atoms with E-state index in [9.17, 15) is 12.9 Å². The second-order valence-corrected chi connectivity index (χ2v) is 3.92. The topological polar surface area (TPSA) is 27.1 Å². The Balaban J connectivity index is 0.00000180. The molecule has 0 aliphatic heterocycles. The Bertz CT molecular complexity index is 545. The quantitative estimate of drug-likeness (QED) is 0.681. The number of hydrogen-bond acceptors (Lipinski definition) is 2. The second kappa shape index (κ2) is 6.94. The van der Waals surface area contributed by atoms with E-state index in [1.54, 1.807) is 24.0 Å². The Hall–Kier alpha value is -0.279. The Kier molecular flexibility index (Phi) is 6.13. The van der Waals surface area contributed by atoms with Crippen LogP contribution in [0.15, 0.2) is 36.5 Å². The molecular weight excluding hydrogens is 283 g/mol. The van der Waals surface area contributed by atoms with Gasteiger partial charge in [-0.2, -0.15) is 5.10 Å². The minimum Gasteiger partial charge on any atom is -0.487 e. The van der Waals surface area contributed by atoms with Crippen molar-refractivity contribution in [3.05, 3.63) is 42.2 Å². The van der Waals surface area contributed by atoms with Gasteiger partial charge in [-0.15, -0.1) is 5.46 Å². The fraction of sp³-hybridized carbons (Fsp3) is 0.182. The van der Waals surface area contributed by atoms with Crippen molar-refractivity contribution in [2.75, 3.05) is 0 Å². The van der Waals surface area contributed by atoms with E-state index in [0.717, 1.165) is 12.1 Å². The SMILES string of the molecule is Cn1ccc(COc2cccc([B-](F)(F)F)c2)n1.[K+]. The van der Waals surface area contributed by atoms with Crippen LogP contribution in [-0.2, 0) is 13.7 Å². The fourth-order valence-electron chi connectivity index (χ4n) is 1.51. The number of hydrogen-bond donors (Lipinski definition) is 0. The Morgan fingerprint density at radius 3 is 2.58 bits per heavy atom. The molecule has 0 radical (unpaired) electrons. The van der Waals surface area contributed by atoms with E-state index in [2.05, 4.69) is 5.10 Å². The van der Waals surface area contributed by atoms with Gasteiger partial charge in [0.05, 0.1) is 5.69 Å². The maximum absolute atomic E-state index is 12.5. The predicted molar refractivity (Wildman–Crippen MR) is 62.7 cm³/mol. The third-order valence-corrected chi connectivity index (χ3v) is 2.39. The van der Waals surface area contributed by atoms with Crippen molar-refractivity contribution in [1.82, 2.24) is 9.78 Å². The van der Waals surface area contributed by atoms with Crippen LogP contribution in [0.1, 0.15) is 5.69 Å². The van der Waals surface area contributed by atoms with Crippen molar-refractivity contribution in [2.24, 2.45) is 7.05 Å². The summed E-state index contributed by atoms with van der Waals surface area (Å²) in [5.41, 5.74) is 0.00828. The van der Waals surface area contributed by atoms with Gasteiger partial charge in [0.25, 0.3) is 0 Å². The number of aromatic nitrogens is 2. The smallest absolute Gasteiger partial charge is 0.487 e. The number of aryl methyl sites for hydroxylation is 1. The summed E-state index contributed by atoms with van der Waals surface area (Å²) in [6, 6.07) is 6.61. The van der Waals surface area contributed by atoms with E-state index in [0.29, 0.717) is 5.69 Å². The number of nitrogens with zero attached hydrogens (tertiary/aromatic N) is 2. The zero-order valence-electron chi connectivity index (χ0n) is 10.7. The minimum atomic E-state index is -4.99. The molecule has 0 unspecified atom stereocenters. The third-order valence-electron chi connectivity index (χ3n) is 2.39. The number of halogens is 3. The average Bonchev–Trinajstić information content (AvgIpc) is 2.72. The molecule has 0 aliphatic rings. The first-order valence-electron chi connectivity index (χ1n) is 5.36. The van der Waals surface area contributed by atoms with Gasteiger partial charge in [0.1, 0.15) is 12.4 Å². The molecule has 19 heavy (non-hydrogen) atoms. The van der Waals surface area contributed by atoms with E-state index >= 15 is 0 Å². The van der Waals surface area contributed by atoms with Crippen molar-refractivity contribution in [3.63, 3.8) is 0 Å². The van der Waals surface area contributed by atoms with Crippen LogP contribution < -0.4 is 61.6 Å². The van der Waals surface area contributed by atoms with Crippen molar-refractivity contribution >= 4 is 12.4 Å². The molecule has 0 N–H and O–H groups in total. The molecule has 0 fully saturated rings. The van der Waals surface area contributed by atoms with Crippen LogP contribution in [0.5, 0.6) is 5.75 Å². The van der Waals surface area contributed by atoms with Gasteiger partial charge in [0, 0.05) is 13.2 Å². The summed E-state index contributed by atoms with van der Waals surface area (Å²) in [4.78, 5) is 0. The van der Waals surface area contributed by atoms with Crippen molar-refractivity contribution in [2.45, 2.75) is 6.61 Å². The van der Waals surface area contributed by atoms with E-state index < -0.39 is 12.4 Å². The van der Waals surface area contributed by atoms with Gasteiger partial charge in [-0.1, -0.05) is 12.1 Å².